The molecule has 0 spiro atoms. The van der Waals surface area contributed by atoms with Gasteiger partial charge in [0.1, 0.15) is 11.5 Å². The molecular formula is C26H46O3. The second-order valence-corrected chi connectivity index (χ2v) is 6.54. The van der Waals surface area contributed by atoms with E-state index in [0.717, 1.165) is 18.6 Å². The molecule has 0 heterocycles. The van der Waals surface area contributed by atoms with E-state index in [9.17, 15) is 5.11 Å². The first-order chi connectivity index (χ1) is 12.0. The molecule has 3 nitrogen and oxygen atoms in total. The van der Waals surface area contributed by atoms with Gasteiger partial charge in [0.25, 0.3) is 0 Å². The summed E-state index contributed by atoms with van der Waals surface area (Å²) in [5.74, 6) is 2.10. The first-order valence-corrected chi connectivity index (χ1v) is 9.20. The predicted octanol–water partition coefficient (Wildman–Crippen LogP) is 8.39. The van der Waals surface area contributed by atoms with E-state index in [-0.39, 0.29) is 36.0 Å². The van der Waals surface area contributed by atoms with Crippen LogP contribution in [0.1, 0.15) is 93.2 Å². The average Bonchev–Trinajstić information content (AvgIpc) is 2.61. The van der Waals surface area contributed by atoms with Gasteiger partial charge in [-0.2, -0.15) is 0 Å². The summed E-state index contributed by atoms with van der Waals surface area (Å²) in [5, 5.41) is 9.45. The van der Waals surface area contributed by atoms with Crippen LogP contribution in [-0.4, -0.2) is 18.0 Å². The van der Waals surface area contributed by atoms with Gasteiger partial charge in [-0.25, -0.2) is 0 Å². The maximum absolute atomic E-state index is 9.45. The quantitative estimate of drug-likeness (QED) is 0.425. The van der Waals surface area contributed by atoms with Crippen LogP contribution in [-0.2, 0) is 4.74 Å². The van der Waals surface area contributed by atoms with Gasteiger partial charge in [0.2, 0.25) is 0 Å². The summed E-state index contributed by atoms with van der Waals surface area (Å²) in [5.41, 5.74) is 2.60. The molecule has 0 saturated heterocycles. The molecule has 0 bridgehead atoms. The predicted molar refractivity (Wildman–Crippen MR) is 129 cm³/mol. The normalized spacial score (nSPS) is 12.7. The summed E-state index contributed by atoms with van der Waals surface area (Å²) >= 11 is 0. The highest BCUT2D eigenvalue weighted by molar-refractivity contribution is 5.31. The van der Waals surface area contributed by atoms with Crippen molar-refractivity contribution < 1.29 is 14.6 Å². The standard InChI is InChI=1S/C22H30O3.4CH4/c1-5-18(15-16(3)19-7-11-21(23)12-8-19)20-9-13-22(14-10-20)25-17(4)24-6-2;;;;/h7-14,16-18,23H,5-6,15H2,1-4H3;4*1H4. The zero-order valence-electron chi connectivity index (χ0n) is 15.7. The second kappa shape index (κ2) is 15.9. The van der Waals surface area contributed by atoms with Gasteiger partial charge in [-0.05, 0) is 73.9 Å². The molecule has 0 aliphatic rings. The lowest BCUT2D eigenvalue weighted by Crippen LogP contribution is -2.15. The minimum Gasteiger partial charge on any atom is -0.508 e. The topological polar surface area (TPSA) is 38.7 Å². The smallest absolute Gasteiger partial charge is 0.196 e. The second-order valence-electron chi connectivity index (χ2n) is 6.54. The van der Waals surface area contributed by atoms with E-state index >= 15 is 0 Å². The highest BCUT2D eigenvalue weighted by Gasteiger charge is 2.15. The lowest BCUT2D eigenvalue weighted by Gasteiger charge is -2.21. The third-order valence-corrected chi connectivity index (χ3v) is 4.65. The Kier molecular flexibility index (Phi) is 17.3. The fourth-order valence-corrected chi connectivity index (χ4v) is 3.18. The van der Waals surface area contributed by atoms with Crippen molar-refractivity contribution in [3.8, 4) is 11.5 Å². The van der Waals surface area contributed by atoms with Gasteiger partial charge in [-0.3, -0.25) is 0 Å². The number of benzene rings is 2. The summed E-state index contributed by atoms with van der Waals surface area (Å²) in [4.78, 5) is 0. The molecule has 1 N–H and O–H groups in total. The molecule has 2 aromatic rings. The fourth-order valence-electron chi connectivity index (χ4n) is 3.18. The number of ether oxygens (including phenoxy) is 2. The third kappa shape index (κ3) is 9.85. The maximum atomic E-state index is 9.45. The molecule has 0 radical (unpaired) electrons. The Bertz CT molecular complexity index is 619. The molecule has 0 amide bonds. The SMILES string of the molecule is C.C.C.C.CCOC(C)Oc1ccc(C(CC)CC(C)c2ccc(O)cc2)cc1. The van der Waals surface area contributed by atoms with E-state index in [0.29, 0.717) is 24.2 Å². The number of phenolic OH excluding ortho intramolecular Hbond substituents is 1. The Hall–Kier alpha value is -2.00. The first-order valence-electron chi connectivity index (χ1n) is 9.20. The number of aromatic hydroxyl groups is 1. The van der Waals surface area contributed by atoms with Crippen LogP contribution >= 0.6 is 0 Å². The first kappa shape index (κ1) is 31.7. The van der Waals surface area contributed by atoms with Crippen LogP contribution in [0.25, 0.3) is 0 Å². The van der Waals surface area contributed by atoms with Crippen molar-refractivity contribution in [3.05, 3.63) is 59.7 Å². The molecule has 0 fully saturated rings. The van der Waals surface area contributed by atoms with Gasteiger partial charge < -0.3 is 14.6 Å². The Morgan fingerprint density at radius 2 is 1.31 bits per heavy atom. The van der Waals surface area contributed by atoms with Crippen LogP contribution in [0.3, 0.4) is 0 Å². The zero-order chi connectivity index (χ0) is 18.2. The van der Waals surface area contributed by atoms with Gasteiger partial charge in [0.15, 0.2) is 6.29 Å². The molecule has 3 atom stereocenters. The summed E-state index contributed by atoms with van der Waals surface area (Å²) < 4.78 is 11.2. The molecule has 0 aromatic heterocycles. The van der Waals surface area contributed by atoms with Crippen molar-refractivity contribution in [2.24, 2.45) is 0 Å². The Morgan fingerprint density at radius 3 is 1.79 bits per heavy atom. The summed E-state index contributed by atoms with van der Waals surface area (Å²) in [7, 11) is 0. The molecule has 2 rings (SSSR count). The molecule has 3 unspecified atom stereocenters. The lowest BCUT2D eigenvalue weighted by molar-refractivity contribution is -0.0613. The molecular weight excluding hydrogens is 360 g/mol. The monoisotopic (exact) mass is 406 g/mol. The fraction of sp³-hybridized carbons (Fsp3) is 0.538. The zero-order valence-corrected chi connectivity index (χ0v) is 15.7. The number of hydrogen-bond acceptors (Lipinski definition) is 3. The van der Waals surface area contributed by atoms with Gasteiger partial charge in [0, 0.05) is 6.61 Å². The van der Waals surface area contributed by atoms with Gasteiger partial charge in [-0.15, -0.1) is 0 Å². The van der Waals surface area contributed by atoms with Crippen molar-refractivity contribution in [1.82, 2.24) is 0 Å². The van der Waals surface area contributed by atoms with E-state index in [2.05, 4.69) is 26.0 Å². The van der Waals surface area contributed by atoms with Crippen molar-refractivity contribution in [2.45, 2.75) is 88.4 Å². The minimum absolute atomic E-state index is 0. The molecule has 2 aromatic carbocycles. The van der Waals surface area contributed by atoms with Crippen LogP contribution in [0.15, 0.2) is 48.5 Å². The Labute approximate surface area is 181 Å². The highest BCUT2D eigenvalue weighted by Crippen LogP contribution is 2.33. The highest BCUT2D eigenvalue weighted by atomic mass is 16.7. The van der Waals surface area contributed by atoms with E-state index in [1.165, 1.54) is 11.1 Å². The van der Waals surface area contributed by atoms with E-state index in [4.69, 9.17) is 9.47 Å². The molecule has 29 heavy (non-hydrogen) atoms. The molecule has 0 aliphatic carbocycles. The van der Waals surface area contributed by atoms with Crippen molar-refractivity contribution in [2.75, 3.05) is 6.61 Å². The summed E-state index contributed by atoms with van der Waals surface area (Å²) in [6.07, 6.45) is 1.95. The largest absolute Gasteiger partial charge is 0.508 e. The van der Waals surface area contributed by atoms with Gasteiger partial charge in [-0.1, -0.05) is 67.8 Å². The number of hydrogen-bond donors (Lipinski definition) is 1. The van der Waals surface area contributed by atoms with Crippen molar-refractivity contribution in [1.29, 1.82) is 0 Å². The van der Waals surface area contributed by atoms with Crippen LogP contribution < -0.4 is 4.74 Å². The molecule has 3 heteroatoms. The lowest BCUT2D eigenvalue weighted by atomic mass is 9.84. The summed E-state index contributed by atoms with van der Waals surface area (Å²) in [6.45, 7) is 8.99. The van der Waals surface area contributed by atoms with Crippen molar-refractivity contribution in [3.63, 3.8) is 0 Å². The van der Waals surface area contributed by atoms with Gasteiger partial charge in [0.05, 0.1) is 0 Å². The molecule has 168 valence electrons. The molecule has 0 saturated carbocycles. The number of rotatable bonds is 9. The van der Waals surface area contributed by atoms with Gasteiger partial charge >= 0.3 is 0 Å². The Balaban J connectivity index is -0.00000169. The minimum atomic E-state index is -0.229. The van der Waals surface area contributed by atoms with Crippen LogP contribution in [0.2, 0.25) is 0 Å². The van der Waals surface area contributed by atoms with E-state index in [1.807, 2.05) is 38.1 Å². The Morgan fingerprint density at radius 1 is 0.793 bits per heavy atom. The van der Waals surface area contributed by atoms with Crippen LogP contribution in [0, 0.1) is 0 Å². The molecule has 0 aliphatic heterocycles. The maximum Gasteiger partial charge on any atom is 0.196 e. The third-order valence-electron chi connectivity index (χ3n) is 4.65. The van der Waals surface area contributed by atoms with Crippen LogP contribution in [0.4, 0.5) is 0 Å². The van der Waals surface area contributed by atoms with Crippen LogP contribution in [0.5, 0.6) is 11.5 Å². The van der Waals surface area contributed by atoms with E-state index < -0.39 is 0 Å². The van der Waals surface area contributed by atoms with Crippen molar-refractivity contribution >= 4 is 0 Å². The van der Waals surface area contributed by atoms with E-state index in [1.54, 1.807) is 12.1 Å². The number of phenols is 1. The summed E-state index contributed by atoms with van der Waals surface area (Å²) in [6, 6.07) is 15.9. The average molecular weight is 407 g/mol.